The molecule has 0 atom stereocenters. The second-order valence-electron chi connectivity index (χ2n) is 3.70. The fourth-order valence-electron chi connectivity index (χ4n) is 1.38. The van der Waals surface area contributed by atoms with Crippen molar-refractivity contribution in [2.75, 3.05) is 6.61 Å². The Hall–Kier alpha value is -2.61. The highest BCUT2D eigenvalue weighted by atomic mass is 16.5. The maximum Gasteiger partial charge on any atom is 0.414 e. The Labute approximate surface area is 111 Å². The number of hydrogen-bond acceptors (Lipinski definition) is 4. The molecular formula is C14H14N2O3. The molecule has 1 N–H and O–H groups in total. The van der Waals surface area contributed by atoms with Gasteiger partial charge in [-0.2, -0.15) is 5.26 Å². The number of aryl methyl sites for hydroxylation is 1. The van der Waals surface area contributed by atoms with E-state index in [9.17, 15) is 9.59 Å². The number of nitriles is 1. The van der Waals surface area contributed by atoms with Gasteiger partial charge in [-0.15, -0.1) is 0 Å². The molecule has 19 heavy (non-hydrogen) atoms. The van der Waals surface area contributed by atoms with Crippen LogP contribution in [0.25, 0.3) is 6.08 Å². The van der Waals surface area contributed by atoms with E-state index < -0.39 is 12.0 Å². The summed E-state index contributed by atoms with van der Waals surface area (Å²) < 4.78 is 4.57. The van der Waals surface area contributed by atoms with E-state index in [0.717, 1.165) is 11.1 Å². The van der Waals surface area contributed by atoms with Gasteiger partial charge in [0.1, 0.15) is 11.6 Å². The first-order valence-corrected chi connectivity index (χ1v) is 5.74. The van der Waals surface area contributed by atoms with Crippen molar-refractivity contribution in [2.24, 2.45) is 0 Å². The smallest absolute Gasteiger partial charge is 0.414 e. The molecule has 5 nitrogen and oxygen atoms in total. The second kappa shape index (κ2) is 6.97. The summed E-state index contributed by atoms with van der Waals surface area (Å²) >= 11 is 0. The number of amides is 2. The molecule has 0 saturated carbocycles. The van der Waals surface area contributed by atoms with Crippen molar-refractivity contribution in [1.82, 2.24) is 5.32 Å². The average molecular weight is 258 g/mol. The van der Waals surface area contributed by atoms with Gasteiger partial charge < -0.3 is 4.74 Å². The van der Waals surface area contributed by atoms with Crippen molar-refractivity contribution in [2.45, 2.75) is 13.8 Å². The van der Waals surface area contributed by atoms with Crippen molar-refractivity contribution < 1.29 is 14.3 Å². The van der Waals surface area contributed by atoms with Crippen LogP contribution in [0.2, 0.25) is 0 Å². The minimum Gasteiger partial charge on any atom is -0.450 e. The highest BCUT2D eigenvalue weighted by molar-refractivity contribution is 6.08. The summed E-state index contributed by atoms with van der Waals surface area (Å²) in [6, 6.07) is 9.07. The van der Waals surface area contributed by atoms with E-state index in [0.29, 0.717) is 0 Å². The summed E-state index contributed by atoms with van der Waals surface area (Å²) in [6.45, 7) is 3.64. The number of benzene rings is 1. The average Bonchev–Trinajstić information content (AvgIpc) is 2.37. The van der Waals surface area contributed by atoms with E-state index >= 15 is 0 Å². The summed E-state index contributed by atoms with van der Waals surface area (Å²) in [7, 11) is 0. The molecule has 0 radical (unpaired) electrons. The Bertz CT molecular complexity index is 556. The first kappa shape index (κ1) is 14.5. The Morgan fingerprint density at radius 3 is 2.68 bits per heavy atom. The van der Waals surface area contributed by atoms with Crippen LogP contribution in [0.15, 0.2) is 29.8 Å². The molecular weight excluding hydrogens is 244 g/mol. The highest BCUT2D eigenvalue weighted by Gasteiger charge is 2.13. The molecule has 0 aromatic heterocycles. The van der Waals surface area contributed by atoms with Crippen LogP contribution in [0, 0.1) is 18.3 Å². The van der Waals surface area contributed by atoms with Crippen molar-refractivity contribution in [1.29, 1.82) is 5.26 Å². The van der Waals surface area contributed by atoms with E-state index in [1.165, 1.54) is 6.08 Å². The van der Waals surface area contributed by atoms with Crippen LogP contribution in [0.1, 0.15) is 18.1 Å². The number of carbonyl (C=O) groups excluding carboxylic acids is 2. The molecule has 1 aromatic rings. The molecule has 0 saturated heterocycles. The maximum atomic E-state index is 11.7. The third kappa shape index (κ3) is 4.28. The maximum absolute atomic E-state index is 11.7. The van der Waals surface area contributed by atoms with E-state index in [2.05, 4.69) is 4.74 Å². The van der Waals surface area contributed by atoms with Crippen molar-refractivity contribution in [3.8, 4) is 6.07 Å². The van der Waals surface area contributed by atoms with Crippen molar-refractivity contribution in [3.63, 3.8) is 0 Å². The zero-order valence-electron chi connectivity index (χ0n) is 10.8. The Morgan fingerprint density at radius 1 is 1.42 bits per heavy atom. The minimum absolute atomic E-state index is 0.151. The number of imide groups is 1. The predicted molar refractivity (Wildman–Crippen MR) is 69.9 cm³/mol. The van der Waals surface area contributed by atoms with Gasteiger partial charge in [-0.3, -0.25) is 10.1 Å². The lowest BCUT2D eigenvalue weighted by Gasteiger charge is -2.04. The number of ether oxygens (including phenoxy) is 1. The standard InChI is InChI=1S/C14H14N2O3/c1-3-19-14(18)16-13(17)12(9-15)8-11-7-5-4-6-10(11)2/h4-8H,3H2,1-2H3,(H,16,17,18)/b12-8+. The van der Waals surface area contributed by atoms with Crippen molar-refractivity contribution >= 4 is 18.1 Å². The lowest BCUT2D eigenvalue weighted by molar-refractivity contribution is -0.116. The molecule has 0 aliphatic rings. The molecule has 0 unspecified atom stereocenters. The van der Waals surface area contributed by atoms with Crippen LogP contribution in [0.5, 0.6) is 0 Å². The molecule has 98 valence electrons. The van der Waals surface area contributed by atoms with E-state index in [4.69, 9.17) is 5.26 Å². The molecule has 0 aliphatic heterocycles. The van der Waals surface area contributed by atoms with E-state index in [1.807, 2.05) is 24.4 Å². The molecule has 0 spiro atoms. The number of carbonyl (C=O) groups is 2. The van der Waals surface area contributed by atoms with Gasteiger partial charge in [0.15, 0.2) is 0 Å². The summed E-state index contributed by atoms with van der Waals surface area (Å²) in [5.74, 6) is -0.774. The summed E-state index contributed by atoms with van der Waals surface area (Å²) in [4.78, 5) is 22.8. The topological polar surface area (TPSA) is 79.2 Å². The number of nitrogens with zero attached hydrogens (tertiary/aromatic N) is 1. The van der Waals surface area contributed by atoms with Gasteiger partial charge in [-0.05, 0) is 31.1 Å². The van der Waals surface area contributed by atoms with Crippen molar-refractivity contribution in [3.05, 3.63) is 41.0 Å². The molecule has 5 heteroatoms. The van der Waals surface area contributed by atoms with Crippen LogP contribution in [-0.4, -0.2) is 18.6 Å². The fraction of sp³-hybridized carbons (Fsp3) is 0.214. The van der Waals surface area contributed by atoms with Gasteiger partial charge >= 0.3 is 6.09 Å². The number of nitrogens with one attached hydrogen (secondary N) is 1. The molecule has 0 heterocycles. The molecule has 1 rings (SSSR count). The van der Waals surface area contributed by atoms with Crippen LogP contribution in [0.3, 0.4) is 0 Å². The van der Waals surface area contributed by atoms with Gasteiger partial charge in [0.2, 0.25) is 0 Å². The minimum atomic E-state index is -0.863. The number of hydrogen-bond donors (Lipinski definition) is 1. The summed E-state index contributed by atoms with van der Waals surface area (Å²) in [5.41, 5.74) is 1.53. The lowest BCUT2D eigenvalue weighted by atomic mass is 10.1. The predicted octanol–water partition coefficient (Wildman–Crippen LogP) is 2.17. The van der Waals surface area contributed by atoms with Crippen LogP contribution < -0.4 is 5.32 Å². The van der Waals surface area contributed by atoms with Crippen LogP contribution in [0.4, 0.5) is 4.79 Å². The SMILES string of the molecule is CCOC(=O)NC(=O)/C(C#N)=C/c1ccccc1C. The van der Waals surface area contributed by atoms with Gasteiger partial charge in [0.05, 0.1) is 6.61 Å². The number of rotatable bonds is 3. The Kier molecular flexibility index (Phi) is 5.30. The normalized spacial score (nSPS) is 10.5. The summed E-state index contributed by atoms with van der Waals surface area (Å²) in [6.07, 6.45) is 0.572. The van der Waals surface area contributed by atoms with E-state index in [1.54, 1.807) is 25.1 Å². The first-order valence-electron chi connectivity index (χ1n) is 5.74. The Morgan fingerprint density at radius 2 is 2.11 bits per heavy atom. The molecule has 0 bridgehead atoms. The Balaban J connectivity index is 2.90. The molecule has 1 aromatic carbocycles. The zero-order chi connectivity index (χ0) is 14.3. The third-order valence-electron chi connectivity index (χ3n) is 2.34. The van der Waals surface area contributed by atoms with Gasteiger partial charge in [0, 0.05) is 0 Å². The zero-order valence-corrected chi connectivity index (χ0v) is 10.8. The second-order valence-corrected chi connectivity index (χ2v) is 3.70. The highest BCUT2D eigenvalue weighted by Crippen LogP contribution is 2.11. The third-order valence-corrected chi connectivity index (χ3v) is 2.34. The summed E-state index contributed by atoms with van der Waals surface area (Å²) in [5, 5.41) is 10.9. The molecule has 2 amide bonds. The lowest BCUT2D eigenvalue weighted by Crippen LogP contribution is -2.31. The van der Waals surface area contributed by atoms with E-state index in [-0.39, 0.29) is 12.2 Å². The monoisotopic (exact) mass is 258 g/mol. The largest absolute Gasteiger partial charge is 0.450 e. The quantitative estimate of drug-likeness (QED) is 0.665. The fourth-order valence-corrected chi connectivity index (χ4v) is 1.38. The molecule has 0 fully saturated rings. The van der Waals surface area contributed by atoms with Gasteiger partial charge in [-0.1, -0.05) is 24.3 Å². The van der Waals surface area contributed by atoms with Gasteiger partial charge in [0.25, 0.3) is 5.91 Å². The number of alkyl carbamates (subject to hydrolysis) is 1. The van der Waals surface area contributed by atoms with Crippen LogP contribution >= 0.6 is 0 Å². The first-order chi connectivity index (χ1) is 9.08. The van der Waals surface area contributed by atoms with Gasteiger partial charge in [-0.25, -0.2) is 4.79 Å². The molecule has 0 aliphatic carbocycles. The van der Waals surface area contributed by atoms with Crippen LogP contribution in [-0.2, 0) is 9.53 Å².